The molecule has 1 heterocycles. The third-order valence-electron chi connectivity index (χ3n) is 4.11. The van der Waals surface area contributed by atoms with Crippen LogP contribution in [0.1, 0.15) is 24.0 Å². The minimum absolute atomic E-state index is 0.239. The van der Waals surface area contributed by atoms with E-state index in [1.54, 1.807) is 19.3 Å². The Balaban J connectivity index is 1.84. The van der Waals surface area contributed by atoms with Crippen molar-refractivity contribution in [3.63, 3.8) is 0 Å². The van der Waals surface area contributed by atoms with Gasteiger partial charge in [0.1, 0.15) is 0 Å². The van der Waals surface area contributed by atoms with E-state index in [9.17, 15) is 9.59 Å². The molecule has 1 fully saturated rings. The molecule has 1 aromatic carbocycles. The number of carbonyl (C=O) groups excluding carboxylic acids is 2. The third-order valence-corrected chi connectivity index (χ3v) is 5.02. The van der Waals surface area contributed by atoms with Crippen molar-refractivity contribution >= 4 is 34.6 Å². The van der Waals surface area contributed by atoms with Crippen LogP contribution in [0.2, 0.25) is 0 Å². The van der Waals surface area contributed by atoms with Gasteiger partial charge in [-0.15, -0.1) is 6.58 Å². The minimum atomic E-state index is -0.259. The molecule has 0 N–H and O–H groups in total. The van der Waals surface area contributed by atoms with Crippen molar-refractivity contribution in [2.45, 2.75) is 12.8 Å². The fraction of sp³-hybridized carbons (Fsp3) is 0.200. The highest BCUT2D eigenvalue weighted by Gasteiger charge is 2.33. The second-order valence-corrected chi connectivity index (χ2v) is 6.73. The number of nitrogens with zero attached hydrogens (tertiary/aromatic N) is 1. The summed E-state index contributed by atoms with van der Waals surface area (Å²) in [6.07, 6.45) is 9.19. The highest BCUT2D eigenvalue weighted by Crippen LogP contribution is 2.33. The Hall–Kier alpha value is -2.53. The van der Waals surface area contributed by atoms with Gasteiger partial charge in [-0.25, -0.2) is 0 Å². The maximum atomic E-state index is 12.3. The number of benzene rings is 1. The topological polar surface area (TPSA) is 46.6 Å². The van der Waals surface area contributed by atoms with Crippen molar-refractivity contribution in [3.05, 3.63) is 70.9 Å². The average Bonchev–Trinajstić information content (AvgIpc) is 2.90. The maximum absolute atomic E-state index is 12.3. The first-order chi connectivity index (χ1) is 12.1. The third kappa shape index (κ3) is 3.77. The van der Waals surface area contributed by atoms with Gasteiger partial charge in [-0.3, -0.25) is 14.5 Å². The van der Waals surface area contributed by atoms with Crippen molar-refractivity contribution in [1.82, 2.24) is 4.90 Å². The van der Waals surface area contributed by atoms with Gasteiger partial charge in [-0.05, 0) is 53.1 Å². The number of amides is 2. The number of ether oxygens (including phenoxy) is 1. The van der Waals surface area contributed by atoms with Crippen molar-refractivity contribution in [2.24, 2.45) is 0 Å². The van der Waals surface area contributed by atoms with E-state index in [2.05, 4.69) is 18.7 Å². The number of rotatable bonds is 5. The highest BCUT2D eigenvalue weighted by atomic mass is 32.2. The van der Waals surface area contributed by atoms with E-state index in [1.165, 1.54) is 10.5 Å². The van der Waals surface area contributed by atoms with Crippen LogP contribution in [-0.4, -0.2) is 29.7 Å². The number of imide groups is 1. The number of methoxy groups -OCH3 is 1. The van der Waals surface area contributed by atoms with Crippen molar-refractivity contribution in [1.29, 1.82) is 0 Å². The zero-order valence-electron chi connectivity index (χ0n) is 14.0. The van der Waals surface area contributed by atoms with E-state index in [-0.39, 0.29) is 17.7 Å². The summed E-state index contributed by atoms with van der Waals surface area (Å²) in [7, 11) is 1.69. The van der Waals surface area contributed by atoms with E-state index >= 15 is 0 Å². The first kappa shape index (κ1) is 17.3. The van der Waals surface area contributed by atoms with Crippen LogP contribution in [0, 0.1) is 0 Å². The Morgan fingerprint density at radius 1 is 1.28 bits per heavy atom. The van der Waals surface area contributed by atoms with Gasteiger partial charge in [0.2, 0.25) is 0 Å². The second-order valence-electron chi connectivity index (χ2n) is 5.74. The second kappa shape index (κ2) is 7.57. The van der Waals surface area contributed by atoms with Crippen molar-refractivity contribution < 1.29 is 14.3 Å². The van der Waals surface area contributed by atoms with Crippen molar-refractivity contribution in [3.8, 4) is 0 Å². The normalized spacial score (nSPS) is 19.1. The molecule has 0 radical (unpaired) electrons. The van der Waals surface area contributed by atoms with Crippen LogP contribution in [0.25, 0.3) is 11.6 Å². The molecule has 3 rings (SSSR count). The molecule has 1 aliphatic carbocycles. The molecule has 2 aliphatic rings. The quantitative estimate of drug-likeness (QED) is 0.572. The fourth-order valence-electron chi connectivity index (χ4n) is 2.79. The molecule has 128 valence electrons. The number of hydrogen-bond acceptors (Lipinski definition) is 4. The summed E-state index contributed by atoms with van der Waals surface area (Å²) in [6.45, 7) is 3.82. The van der Waals surface area contributed by atoms with Gasteiger partial charge in [0.15, 0.2) is 0 Å². The predicted octanol–water partition coefficient (Wildman–Crippen LogP) is 4.62. The van der Waals surface area contributed by atoms with Crippen LogP contribution in [-0.2, 0) is 9.53 Å². The molecule has 25 heavy (non-hydrogen) atoms. The minimum Gasteiger partial charge on any atom is -0.501 e. The molecule has 0 atom stereocenters. The molecule has 2 amide bonds. The predicted molar refractivity (Wildman–Crippen MR) is 102 cm³/mol. The van der Waals surface area contributed by atoms with Crippen LogP contribution in [0.15, 0.2) is 59.7 Å². The largest absolute Gasteiger partial charge is 0.501 e. The molecular formula is C20H19NO3S. The summed E-state index contributed by atoms with van der Waals surface area (Å²) in [5, 5.41) is -0.250. The van der Waals surface area contributed by atoms with Gasteiger partial charge in [-0.2, -0.15) is 0 Å². The van der Waals surface area contributed by atoms with Crippen LogP contribution < -0.4 is 0 Å². The summed E-state index contributed by atoms with van der Waals surface area (Å²) in [5.74, 6) is 0.723. The Bertz CT molecular complexity index is 820. The van der Waals surface area contributed by atoms with Gasteiger partial charge in [0, 0.05) is 13.0 Å². The highest BCUT2D eigenvalue weighted by molar-refractivity contribution is 8.18. The van der Waals surface area contributed by atoms with E-state index in [0.717, 1.165) is 41.5 Å². The molecule has 1 saturated heterocycles. The molecular weight excluding hydrogens is 334 g/mol. The summed E-state index contributed by atoms with van der Waals surface area (Å²) >= 11 is 0.971. The number of carbonyl (C=O) groups is 2. The molecule has 5 heteroatoms. The molecule has 0 bridgehead atoms. The van der Waals surface area contributed by atoms with Crippen LogP contribution >= 0.6 is 11.8 Å². The van der Waals surface area contributed by atoms with E-state index in [1.807, 2.05) is 24.3 Å². The molecule has 1 aromatic rings. The monoisotopic (exact) mass is 353 g/mol. The molecule has 0 unspecified atom stereocenters. The molecule has 0 aromatic heterocycles. The SMILES string of the molecule is C=CCN1C(=O)S/C(=C\c2cccc(C3=CC=C(OC)CC3)c2)C1=O. The Kier molecular flexibility index (Phi) is 5.24. The van der Waals surface area contributed by atoms with Crippen molar-refractivity contribution in [2.75, 3.05) is 13.7 Å². The smallest absolute Gasteiger partial charge is 0.293 e. The lowest BCUT2D eigenvalue weighted by Gasteiger charge is -2.14. The summed E-state index contributed by atoms with van der Waals surface area (Å²) in [4.78, 5) is 25.9. The van der Waals surface area contributed by atoms with Gasteiger partial charge in [-0.1, -0.05) is 30.4 Å². The van der Waals surface area contributed by atoms with Crippen LogP contribution in [0.3, 0.4) is 0 Å². The summed E-state index contributed by atoms with van der Waals surface area (Å²) in [6, 6.07) is 7.99. The molecule has 0 saturated carbocycles. The van der Waals surface area contributed by atoms with E-state index in [4.69, 9.17) is 4.74 Å². The first-order valence-corrected chi connectivity index (χ1v) is 8.84. The van der Waals surface area contributed by atoms with Crippen LogP contribution in [0.5, 0.6) is 0 Å². The average molecular weight is 353 g/mol. The summed E-state index contributed by atoms with van der Waals surface area (Å²) < 4.78 is 5.26. The Morgan fingerprint density at radius 3 is 2.80 bits per heavy atom. The first-order valence-electron chi connectivity index (χ1n) is 8.03. The maximum Gasteiger partial charge on any atom is 0.293 e. The lowest BCUT2D eigenvalue weighted by atomic mass is 9.95. The lowest BCUT2D eigenvalue weighted by molar-refractivity contribution is -0.122. The van der Waals surface area contributed by atoms with Gasteiger partial charge < -0.3 is 4.74 Å². The molecule has 1 aliphatic heterocycles. The van der Waals surface area contributed by atoms with Gasteiger partial charge in [0.25, 0.3) is 11.1 Å². The van der Waals surface area contributed by atoms with E-state index < -0.39 is 0 Å². The fourth-order valence-corrected chi connectivity index (χ4v) is 3.64. The molecule has 4 nitrogen and oxygen atoms in total. The standard InChI is InChI=1S/C20H19NO3S/c1-3-11-21-19(22)18(25-20(21)23)13-14-5-4-6-16(12-14)15-7-9-17(24-2)10-8-15/h3-7,9,12-13H,1,8,10-11H2,2H3/b18-13-. The number of hydrogen-bond donors (Lipinski definition) is 0. The Morgan fingerprint density at radius 2 is 2.12 bits per heavy atom. The summed E-state index contributed by atoms with van der Waals surface area (Å²) in [5.41, 5.74) is 3.25. The van der Waals surface area contributed by atoms with Crippen LogP contribution in [0.4, 0.5) is 4.79 Å². The zero-order chi connectivity index (χ0) is 17.8. The lowest BCUT2D eigenvalue weighted by Crippen LogP contribution is -2.27. The Labute approximate surface area is 151 Å². The zero-order valence-corrected chi connectivity index (χ0v) is 14.8. The van der Waals surface area contributed by atoms with E-state index in [0.29, 0.717) is 4.91 Å². The van der Waals surface area contributed by atoms with Gasteiger partial charge >= 0.3 is 0 Å². The number of allylic oxidation sites excluding steroid dienone is 4. The number of thioether (sulfide) groups is 1. The molecule has 0 spiro atoms. The van der Waals surface area contributed by atoms with Gasteiger partial charge in [0.05, 0.1) is 17.8 Å².